The van der Waals surface area contributed by atoms with Crippen LogP contribution in [0, 0.1) is 5.92 Å². The van der Waals surface area contributed by atoms with E-state index in [4.69, 9.17) is 28.3 Å². The van der Waals surface area contributed by atoms with E-state index < -0.39 is 11.9 Å². The zero-order valence-electron chi connectivity index (χ0n) is 9.19. The van der Waals surface area contributed by atoms with E-state index >= 15 is 0 Å². The molecule has 1 aliphatic heterocycles. The number of nitrogens with zero attached hydrogens (tertiary/aromatic N) is 1. The van der Waals surface area contributed by atoms with Crippen LogP contribution in [0.1, 0.15) is 0 Å². The van der Waals surface area contributed by atoms with Crippen LogP contribution in [0.25, 0.3) is 0 Å². The number of nitrogens with one attached hydrogen (secondary N) is 1. The number of benzene rings is 1. The standard InChI is InChI=1S/C11H10Cl2N2O3/c12-7-1-2-8(13)9(3-7)14-11(18)15-4-6(5-15)10(16)17/h1-3,6H,4-5H2,(H,14,18)(H,16,17). The fraction of sp³-hybridized carbons (Fsp3) is 0.273. The number of rotatable bonds is 2. The van der Waals surface area contributed by atoms with Gasteiger partial charge >= 0.3 is 12.0 Å². The highest BCUT2D eigenvalue weighted by Gasteiger charge is 2.35. The monoisotopic (exact) mass is 288 g/mol. The van der Waals surface area contributed by atoms with Gasteiger partial charge in [0.05, 0.1) is 16.6 Å². The Morgan fingerprint density at radius 1 is 1.33 bits per heavy atom. The molecule has 1 aliphatic rings. The largest absolute Gasteiger partial charge is 0.481 e. The number of halogens is 2. The third-order valence-electron chi connectivity index (χ3n) is 2.69. The molecule has 0 unspecified atom stereocenters. The maximum absolute atomic E-state index is 11.7. The van der Waals surface area contributed by atoms with E-state index in [1.54, 1.807) is 12.1 Å². The van der Waals surface area contributed by atoms with Crippen LogP contribution < -0.4 is 5.32 Å². The van der Waals surface area contributed by atoms with E-state index in [1.807, 2.05) is 0 Å². The fourth-order valence-corrected chi connectivity index (χ4v) is 1.93. The molecule has 0 saturated carbocycles. The fourth-order valence-electron chi connectivity index (χ4n) is 1.59. The van der Waals surface area contributed by atoms with Crippen LogP contribution in [0.4, 0.5) is 10.5 Å². The average molecular weight is 289 g/mol. The van der Waals surface area contributed by atoms with Gasteiger partial charge in [0.25, 0.3) is 0 Å². The summed E-state index contributed by atoms with van der Waals surface area (Å²) in [6.45, 7) is 0.415. The molecule has 1 saturated heterocycles. The second kappa shape index (κ2) is 5.04. The number of hydrogen-bond donors (Lipinski definition) is 2. The Morgan fingerprint density at radius 2 is 2.00 bits per heavy atom. The van der Waals surface area contributed by atoms with E-state index in [1.165, 1.54) is 11.0 Å². The van der Waals surface area contributed by atoms with Gasteiger partial charge in [-0.2, -0.15) is 0 Å². The first kappa shape index (κ1) is 13.0. The number of anilines is 1. The molecule has 1 heterocycles. The predicted octanol–water partition coefficient (Wildman–Crippen LogP) is 2.54. The van der Waals surface area contributed by atoms with Gasteiger partial charge in [0.1, 0.15) is 0 Å². The van der Waals surface area contributed by atoms with E-state index in [2.05, 4.69) is 5.32 Å². The number of likely N-dealkylation sites (tertiary alicyclic amines) is 1. The van der Waals surface area contributed by atoms with Gasteiger partial charge in [-0.3, -0.25) is 4.79 Å². The maximum Gasteiger partial charge on any atom is 0.321 e. The number of amides is 2. The first-order valence-corrected chi connectivity index (χ1v) is 5.97. The number of aliphatic carboxylic acids is 1. The molecular weight excluding hydrogens is 279 g/mol. The van der Waals surface area contributed by atoms with Crippen LogP contribution in [0.5, 0.6) is 0 Å². The van der Waals surface area contributed by atoms with Crippen molar-refractivity contribution in [3.05, 3.63) is 28.2 Å². The molecule has 2 N–H and O–H groups in total. The van der Waals surface area contributed by atoms with E-state index in [9.17, 15) is 9.59 Å². The van der Waals surface area contributed by atoms with E-state index in [-0.39, 0.29) is 19.1 Å². The van der Waals surface area contributed by atoms with Crippen molar-refractivity contribution < 1.29 is 14.7 Å². The van der Waals surface area contributed by atoms with Crippen LogP contribution in [0.3, 0.4) is 0 Å². The van der Waals surface area contributed by atoms with Crippen molar-refractivity contribution in [2.75, 3.05) is 18.4 Å². The van der Waals surface area contributed by atoms with E-state index in [0.29, 0.717) is 15.7 Å². The summed E-state index contributed by atoms with van der Waals surface area (Å²) in [5.41, 5.74) is 0.410. The summed E-state index contributed by atoms with van der Waals surface area (Å²) in [6.07, 6.45) is 0. The minimum absolute atomic E-state index is 0.208. The van der Waals surface area contributed by atoms with Gasteiger partial charge in [0.15, 0.2) is 0 Å². The van der Waals surface area contributed by atoms with Gasteiger partial charge in [-0.1, -0.05) is 23.2 Å². The molecule has 96 valence electrons. The zero-order valence-corrected chi connectivity index (χ0v) is 10.7. The van der Waals surface area contributed by atoms with Crippen LogP contribution >= 0.6 is 23.2 Å². The lowest BCUT2D eigenvalue weighted by Crippen LogP contribution is -2.54. The molecule has 1 fully saturated rings. The Morgan fingerprint density at radius 3 is 2.61 bits per heavy atom. The number of carbonyl (C=O) groups excluding carboxylic acids is 1. The van der Waals surface area contributed by atoms with Crippen LogP contribution in [0.2, 0.25) is 10.0 Å². The summed E-state index contributed by atoms with van der Waals surface area (Å²) in [6, 6.07) is 4.35. The summed E-state index contributed by atoms with van der Waals surface area (Å²) in [5.74, 6) is -1.37. The number of urea groups is 1. The van der Waals surface area contributed by atoms with Gasteiger partial charge in [-0.25, -0.2) is 4.79 Å². The first-order chi connectivity index (χ1) is 8.47. The molecule has 1 aromatic rings. The van der Waals surface area contributed by atoms with Crippen molar-refractivity contribution in [1.82, 2.24) is 4.90 Å². The highest BCUT2D eigenvalue weighted by Crippen LogP contribution is 2.26. The molecule has 7 heteroatoms. The lowest BCUT2D eigenvalue weighted by atomic mass is 10.0. The number of carbonyl (C=O) groups is 2. The Kier molecular flexibility index (Phi) is 3.63. The minimum Gasteiger partial charge on any atom is -0.481 e. The lowest BCUT2D eigenvalue weighted by Gasteiger charge is -2.36. The molecule has 2 amide bonds. The summed E-state index contributed by atoms with van der Waals surface area (Å²) in [7, 11) is 0. The lowest BCUT2D eigenvalue weighted by molar-refractivity contribution is -0.145. The van der Waals surface area contributed by atoms with Gasteiger partial charge in [0.2, 0.25) is 0 Å². The predicted molar refractivity (Wildman–Crippen MR) is 68.2 cm³/mol. The summed E-state index contributed by atoms with van der Waals surface area (Å²) in [4.78, 5) is 23.8. The van der Waals surface area contributed by atoms with Gasteiger partial charge < -0.3 is 15.3 Å². The topological polar surface area (TPSA) is 69.6 Å². The number of carboxylic acid groups (broad SMARTS) is 1. The van der Waals surface area contributed by atoms with Crippen molar-refractivity contribution >= 4 is 40.9 Å². The summed E-state index contributed by atoms with van der Waals surface area (Å²) < 4.78 is 0. The Hall–Kier alpha value is -1.46. The quantitative estimate of drug-likeness (QED) is 0.879. The SMILES string of the molecule is O=C(O)C1CN(C(=O)Nc2cc(Cl)ccc2Cl)C1. The normalized spacial score (nSPS) is 15.1. The van der Waals surface area contributed by atoms with E-state index in [0.717, 1.165) is 0 Å². The average Bonchev–Trinajstić information content (AvgIpc) is 2.20. The van der Waals surface area contributed by atoms with Crippen LogP contribution in [-0.4, -0.2) is 35.1 Å². The van der Waals surface area contributed by atoms with Crippen molar-refractivity contribution in [3.8, 4) is 0 Å². The van der Waals surface area contributed by atoms with Crippen molar-refractivity contribution in [2.45, 2.75) is 0 Å². The molecule has 0 spiro atoms. The smallest absolute Gasteiger partial charge is 0.321 e. The highest BCUT2D eigenvalue weighted by molar-refractivity contribution is 6.35. The molecule has 5 nitrogen and oxygen atoms in total. The first-order valence-electron chi connectivity index (χ1n) is 5.21. The van der Waals surface area contributed by atoms with Crippen molar-refractivity contribution in [1.29, 1.82) is 0 Å². The van der Waals surface area contributed by atoms with Gasteiger partial charge in [-0.15, -0.1) is 0 Å². The molecule has 2 rings (SSSR count). The number of carboxylic acids is 1. The number of hydrogen-bond acceptors (Lipinski definition) is 2. The molecule has 18 heavy (non-hydrogen) atoms. The minimum atomic E-state index is -0.889. The third kappa shape index (κ3) is 2.68. The molecule has 0 atom stereocenters. The Bertz CT molecular complexity index is 501. The second-order valence-electron chi connectivity index (χ2n) is 3.99. The Labute approximate surface area is 113 Å². The molecule has 0 aromatic heterocycles. The van der Waals surface area contributed by atoms with Crippen molar-refractivity contribution in [3.63, 3.8) is 0 Å². The second-order valence-corrected chi connectivity index (χ2v) is 4.84. The van der Waals surface area contributed by atoms with Gasteiger partial charge in [-0.05, 0) is 18.2 Å². The maximum atomic E-state index is 11.7. The molecule has 0 aliphatic carbocycles. The van der Waals surface area contributed by atoms with Crippen LogP contribution in [0.15, 0.2) is 18.2 Å². The Balaban J connectivity index is 1.96. The molecule has 0 radical (unpaired) electrons. The van der Waals surface area contributed by atoms with Crippen molar-refractivity contribution in [2.24, 2.45) is 5.92 Å². The third-order valence-corrected chi connectivity index (χ3v) is 3.25. The van der Waals surface area contributed by atoms with Gasteiger partial charge in [0, 0.05) is 18.1 Å². The molecule has 0 bridgehead atoms. The zero-order chi connectivity index (χ0) is 13.3. The molecular formula is C11H10Cl2N2O3. The molecule has 1 aromatic carbocycles. The highest BCUT2D eigenvalue weighted by atomic mass is 35.5. The summed E-state index contributed by atoms with van der Waals surface area (Å²) >= 11 is 11.7. The summed E-state index contributed by atoms with van der Waals surface area (Å²) in [5, 5.41) is 12.1. The van der Waals surface area contributed by atoms with Crippen LogP contribution in [-0.2, 0) is 4.79 Å².